The molecule has 5 heteroatoms. The van der Waals surface area contributed by atoms with Gasteiger partial charge in [0.1, 0.15) is 5.41 Å². The SMILES string of the molecule is COC(=O)C1(C(=O)NCc2ccccn2)CC1. The van der Waals surface area contributed by atoms with E-state index < -0.39 is 11.4 Å². The van der Waals surface area contributed by atoms with Crippen LogP contribution in [0.3, 0.4) is 0 Å². The van der Waals surface area contributed by atoms with Gasteiger partial charge in [-0.1, -0.05) is 6.07 Å². The Morgan fingerprint density at radius 2 is 2.24 bits per heavy atom. The summed E-state index contributed by atoms with van der Waals surface area (Å²) in [5, 5.41) is 2.71. The van der Waals surface area contributed by atoms with Gasteiger partial charge in [-0.25, -0.2) is 0 Å². The maximum atomic E-state index is 11.9. The first-order chi connectivity index (χ1) is 8.19. The van der Waals surface area contributed by atoms with E-state index in [4.69, 9.17) is 0 Å². The van der Waals surface area contributed by atoms with Crippen molar-refractivity contribution in [2.75, 3.05) is 7.11 Å². The number of hydrogen-bond acceptors (Lipinski definition) is 4. The van der Waals surface area contributed by atoms with Gasteiger partial charge in [-0.15, -0.1) is 0 Å². The molecule has 0 aromatic carbocycles. The molecule has 0 bridgehead atoms. The van der Waals surface area contributed by atoms with Gasteiger partial charge < -0.3 is 10.1 Å². The molecule has 0 atom stereocenters. The molecule has 1 aliphatic carbocycles. The molecule has 1 heterocycles. The Balaban J connectivity index is 1.92. The second-order valence-corrected chi connectivity index (χ2v) is 4.08. The standard InChI is InChI=1S/C12H14N2O3/c1-17-11(16)12(5-6-12)10(15)14-8-9-4-2-3-7-13-9/h2-4,7H,5-6,8H2,1H3,(H,14,15). The highest BCUT2D eigenvalue weighted by Gasteiger charge is 2.57. The topological polar surface area (TPSA) is 68.3 Å². The summed E-state index contributed by atoms with van der Waals surface area (Å²) in [6.07, 6.45) is 2.79. The number of esters is 1. The number of methoxy groups -OCH3 is 1. The van der Waals surface area contributed by atoms with Gasteiger partial charge in [-0.3, -0.25) is 14.6 Å². The van der Waals surface area contributed by atoms with E-state index in [1.807, 2.05) is 18.2 Å². The molecule has 0 radical (unpaired) electrons. The van der Waals surface area contributed by atoms with Crippen molar-refractivity contribution in [3.63, 3.8) is 0 Å². The van der Waals surface area contributed by atoms with Gasteiger partial charge in [-0.2, -0.15) is 0 Å². The number of rotatable bonds is 4. The third kappa shape index (κ3) is 2.27. The van der Waals surface area contributed by atoms with Crippen molar-refractivity contribution in [3.8, 4) is 0 Å². The van der Waals surface area contributed by atoms with Crippen LogP contribution in [0, 0.1) is 5.41 Å². The number of pyridine rings is 1. The van der Waals surface area contributed by atoms with Crippen LogP contribution in [0.2, 0.25) is 0 Å². The minimum atomic E-state index is -0.941. The van der Waals surface area contributed by atoms with E-state index in [1.54, 1.807) is 6.20 Å². The lowest BCUT2D eigenvalue weighted by Gasteiger charge is -2.12. The van der Waals surface area contributed by atoms with Crippen molar-refractivity contribution in [1.82, 2.24) is 10.3 Å². The Morgan fingerprint density at radius 1 is 1.47 bits per heavy atom. The van der Waals surface area contributed by atoms with Gasteiger partial charge >= 0.3 is 5.97 Å². The summed E-state index contributed by atoms with van der Waals surface area (Å²) in [5.74, 6) is -0.717. The van der Waals surface area contributed by atoms with Crippen molar-refractivity contribution in [2.24, 2.45) is 5.41 Å². The molecule has 0 saturated heterocycles. The molecule has 1 aromatic rings. The third-order valence-electron chi connectivity index (χ3n) is 2.92. The molecule has 0 spiro atoms. The molecule has 2 rings (SSSR count). The second-order valence-electron chi connectivity index (χ2n) is 4.08. The van der Waals surface area contributed by atoms with Crippen LogP contribution in [-0.4, -0.2) is 24.0 Å². The van der Waals surface area contributed by atoms with Gasteiger partial charge in [0, 0.05) is 6.20 Å². The van der Waals surface area contributed by atoms with Crippen molar-refractivity contribution < 1.29 is 14.3 Å². The molecule has 0 unspecified atom stereocenters. The number of hydrogen-bond donors (Lipinski definition) is 1. The Hall–Kier alpha value is -1.91. The van der Waals surface area contributed by atoms with E-state index in [-0.39, 0.29) is 5.91 Å². The summed E-state index contributed by atoms with van der Waals surface area (Å²) >= 11 is 0. The molecule has 1 fully saturated rings. The number of aromatic nitrogens is 1. The summed E-state index contributed by atoms with van der Waals surface area (Å²) in [7, 11) is 1.30. The Morgan fingerprint density at radius 3 is 2.76 bits per heavy atom. The van der Waals surface area contributed by atoms with Crippen LogP contribution >= 0.6 is 0 Å². The third-order valence-corrected chi connectivity index (χ3v) is 2.92. The predicted octanol–water partition coefficient (Wildman–Crippen LogP) is 0.651. The summed E-state index contributed by atoms with van der Waals surface area (Å²) in [5.41, 5.74) is -0.176. The highest BCUT2D eigenvalue weighted by atomic mass is 16.5. The van der Waals surface area contributed by atoms with Crippen LogP contribution in [0.25, 0.3) is 0 Å². The summed E-state index contributed by atoms with van der Waals surface area (Å²) < 4.78 is 4.64. The van der Waals surface area contributed by atoms with E-state index in [0.29, 0.717) is 19.4 Å². The molecule has 5 nitrogen and oxygen atoms in total. The van der Waals surface area contributed by atoms with E-state index >= 15 is 0 Å². The van der Waals surface area contributed by atoms with Crippen molar-refractivity contribution in [1.29, 1.82) is 0 Å². The fraction of sp³-hybridized carbons (Fsp3) is 0.417. The fourth-order valence-electron chi connectivity index (χ4n) is 1.69. The average molecular weight is 234 g/mol. The zero-order chi connectivity index (χ0) is 12.3. The quantitative estimate of drug-likeness (QED) is 0.613. The molecular weight excluding hydrogens is 220 g/mol. The number of nitrogens with one attached hydrogen (secondary N) is 1. The van der Waals surface area contributed by atoms with E-state index in [0.717, 1.165) is 5.69 Å². The monoisotopic (exact) mass is 234 g/mol. The predicted molar refractivity (Wildman–Crippen MR) is 59.8 cm³/mol. The molecular formula is C12H14N2O3. The zero-order valence-corrected chi connectivity index (χ0v) is 9.60. The summed E-state index contributed by atoms with van der Waals surface area (Å²) in [6.45, 7) is 0.332. The molecule has 1 amide bonds. The normalized spacial score (nSPS) is 16.1. The lowest BCUT2D eigenvalue weighted by Crippen LogP contribution is -2.37. The minimum Gasteiger partial charge on any atom is -0.468 e. The van der Waals surface area contributed by atoms with Crippen molar-refractivity contribution >= 4 is 11.9 Å². The Labute approximate surface area is 99.2 Å². The molecule has 1 N–H and O–H groups in total. The Kier molecular flexibility index (Phi) is 3.08. The molecule has 90 valence electrons. The first-order valence-corrected chi connectivity index (χ1v) is 5.46. The second kappa shape index (κ2) is 4.53. The average Bonchev–Trinajstić information content (AvgIpc) is 3.17. The first-order valence-electron chi connectivity index (χ1n) is 5.46. The van der Waals surface area contributed by atoms with Gasteiger partial charge in [-0.05, 0) is 25.0 Å². The summed E-state index contributed by atoms with van der Waals surface area (Å²) in [6, 6.07) is 5.47. The first kappa shape index (κ1) is 11.6. The molecule has 17 heavy (non-hydrogen) atoms. The maximum Gasteiger partial charge on any atom is 0.321 e. The number of nitrogens with zero attached hydrogens (tertiary/aromatic N) is 1. The number of amides is 1. The van der Waals surface area contributed by atoms with Crippen molar-refractivity contribution in [3.05, 3.63) is 30.1 Å². The van der Waals surface area contributed by atoms with Crippen LogP contribution in [-0.2, 0) is 20.9 Å². The lowest BCUT2D eigenvalue weighted by atomic mass is 10.1. The number of carbonyl (C=O) groups is 2. The van der Waals surface area contributed by atoms with Crippen LogP contribution in [0.15, 0.2) is 24.4 Å². The number of ether oxygens (including phenoxy) is 1. The van der Waals surface area contributed by atoms with Gasteiger partial charge in [0.2, 0.25) is 5.91 Å². The van der Waals surface area contributed by atoms with Crippen LogP contribution < -0.4 is 5.32 Å². The Bertz CT molecular complexity index is 427. The van der Waals surface area contributed by atoms with E-state index in [1.165, 1.54) is 7.11 Å². The fourth-order valence-corrected chi connectivity index (χ4v) is 1.69. The highest BCUT2D eigenvalue weighted by molar-refractivity contribution is 6.05. The summed E-state index contributed by atoms with van der Waals surface area (Å²) in [4.78, 5) is 27.4. The highest BCUT2D eigenvalue weighted by Crippen LogP contribution is 2.46. The van der Waals surface area contributed by atoms with Gasteiger partial charge in [0.05, 0.1) is 19.3 Å². The smallest absolute Gasteiger partial charge is 0.321 e. The van der Waals surface area contributed by atoms with Crippen molar-refractivity contribution in [2.45, 2.75) is 19.4 Å². The lowest BCUT2D eigenvalue weighted by molar-refractivity contribution is -0.152. The van der Waals surface area contributed by atoms with Crippen LogP contribution in [0.5, 0.6) is 0 Å². The molecule has 1 aliphatic rings. The van der Waals surface area contributed by atoms with Gasteiger partial charge in [0.15, 0.2) is 0 Å². The van der Waals surface area contributed by atoms with E-state index in [9.17, 15) is 9.59 Å². The largest absolute Gasteiger partial charge is 0.468 e. The number of carbonyl (C=O) groups excluding carboxylic acids is 2. The maximum absolute atomic E-state index is 11.9. The molecule has 0 aliphatic heterocycles. The zero-order valence-electron chi connectivity index (χ0n) is 9.60. The van der Waals surface area contributed by atoms with Gasteiger partial charge in [0.25, 0.3) is 0 Å². The molecule has 1 saturated carbocycles. The van der Waals surface area contributed by atoms with Crippen LogP contribution in [0.1, 0.15) is 18.5 Å². The molecule has 1 aromatic heterocycles. The minimum absolute atomic E-state index is 0.269. The van der Waals surface area contributed by atoms with Crippen LogP contribution in [0.4, 0.5) is 0 Å². The van der Waals surface area contributed by atoms with E-state index in [2.05, 4.69) is 15.0 Å².